The third kappa shape index (κ3) is 6.10. The number of amides is 3. The predicted molar refractivity (Wildman–Crippen MR) is 140 cm³/mol. The lowest BCUT2D eigenvalue weighted by atomic mass is 10.00. The maximum Gasteiger partial charge on any atom is 0.411 e. The van der Waals surface area contributed by atoms with Crippen molar-refractivity contribution >= 4 is 34.9 Å². The number of hydrogen-bond donors (Lipinski definition) is 2. The number of nitrogens with zero attached hydrogens (tertiary/aromatic N) is 2. The molecule has 0 spiro atoms. The lowest BCUT2D eigenvalue weighted by Gasteiger charge is -2.24. The van der Waals surface area contributed by atoms with Crippen molar-refractivity contribution in [3.8, 4) is 0 Å². The summed E-state index contributed by atoms with van der Waals surface area (Å²) in [5, 5.41) is 7.65. The quantitative estimate of drug-likeness (QED) is 0.457. The van der Waals surface area contributed by atoms with Crippen LogP contribution in [-0.2, 0) is 16.1 Å². The number of benzene rings is 2. The summed E-state index contributed by atoms with van der Waals surface area (Å²) in [5.41, 5.74) is 3.29. The van der Waals surface area contributed by atoms with Gasteiger partial charge in [0.15, 0.2) is 12.1 Å². The minimum absolute atomic E-state index is 0.187. The first kappa shape index (κ1) is 25.4. The fraction of sp³-hybridized carbons (Fsp3) is 0.296. The molecular formula is C27H30N4O4S. The van der Waals surface area contributed by atoms with Crippen molar-refractivity contribution in [1.82, 2.24) is 15.1 Å². The SMILES string of the molecule is Cc1cccc(CN2C(=O)O[C@@H](c3ccc(NC(=O)c4cccs4)cc3)[C@@H]2C(=O)NCCN(C)C)c1. The summed E-state index contributed by atoms with van der Waals surface area (Å²) < 4.78 is 5.73. The molecule has 36 heavy (non-hydrogen) atoms. The number of thiophene rings is 1. The Morgan fingerprint density at radius 3 is 2.53 bits per heavy atom. The standard InChI is InChI=1S/C27H30N4O4S/c1-18-6-4-7-19(16-18)17-31-23(26(33)28-13-14-30(2)3)24(35-27(31)34)20-9-11-21(12-10-20)29-25(32)22-8-5-15-36-22/h4-12,15-16,23-24H,13-14,17H2,1-3H3,(H,28,33)(H,29,32)/t23-,24+/m1/s1. The molecule has 3 aromatic rings. The zero-order valence-electron chi connectivity index (χ0n) is 20.6. The third-order valence-electron chi connectivity index (χ3n) is 5.89. The monoisotopic (exact) mass is 506 g/mol. The molecule has 1 fully saturated rings. The van der Waals surface area contributed by atoms with Gasteiger partial charge < -0.3 is 20.3 Å². The Labute approximate surface area is 214 Å². The molecular weight excluding hydrogens is 476 g/mol. The van der Waals surface area contributed by atoms with Crippen LogP contribution in [0.2, 0.25) is 0 Å². The molecule has 188 valence electrons. The van der Waals surface area contributed by atoms with E-state index in [0.29, 0.717) is 29.2 Å². The number of aryl methyl sites for hydroxylation is 1. The van der Waals surface area contributed by atoms with Gasteiger partial charge in [-0.2, -0.15) is 0 Å². The summed E-state index contributed by atoms with van der Waals surface area (Å²) in [6, 6.07) is 17.6. The van der Waals surface area contributed by atoms with E-state index in [0.717, 1.165) is 11.1 Å². The highest BCUT2D eigenvalue weighted by Gasteiger charge is 2.46. The molecule has 9 heteroatoms. The summed E-state index contributed by atoms with van der Waals surface area (Å²) >= 11 is 1.36. The first-order chi connectivity index (χ1) is 17.3. The van der Waals surface area contributed by atoms with E-state index < -0.39 is 18.2 Å². The average molecular weight is 507 g/mol. The van der Waals surface area contributed by atoms with Crippen LogP contribution in [0.1, 0.15) is 32.5 Å². The predicted octanol–water partition coefficient (Wildman–Crippen LogP) is 4.05. The molecule has 8 nitrogen and oxygen atoms in total. The largest absolute Gasteiger partial charge is 0.438 e. The van der Waals surface area contributed by atoms with Crippen molar-refractivity contribution in [1.29, 1.82) is 0 Å². The van der Waals surface area contributed by atoms with E-state index in [-0.39, 0.29) is 18.4 Å². The van der Waals surface area contributed by atoms with Gasteiger partial charge in [0.25, 0.3) is 5.91 Å². The number of ether oxygens (including phenoxy) is 1. The minimum Gasteiger partial charge on any atom is -0.438 e. The molecule has 3 amide bonds. The Kier molecular flexibility index (Phi) is 8.02. The second kappa shape index (κ2) is 11.4. The summed E-state index contributed by atoms with van der Waals surface area (Å²) in [7, 11) is 3.86. The number of rotatable bonds is 9. The number of nitrogens with one attached hydrogen (secondary N) is 2. The number of carbonyl (C=O) groups excluding carboxylic acids is 3. The van der Waals surface area contributed by atoms with Crippen molar-refractivity contribution in [2.45, 2.75) is 25.6 Å². The maximum absolute atomic E-state index is 13.3. The van der Waals surface area contributed by atoms with Crippen LogP contribution in [0.4, 0.5) is 10.5 Å². The summed E-state index contributed by atoms with van der Waals surface area (Å²) in [4.78, 5) is 42.7. The van der Waals surface area contributed by atoms with E-state index in [2.05, 4.69) is 10.6 Å². The third-order valence-corrected chi connectivity index (χ3v) is 6.76. The molecule has 1 saturated heterocycles. The maximum atomic E-state index is 13.3. The van der Waals surface area contributed by atoms with Crippen molar-refractivity contribution in [2.24, 2.45) is 0 Å². The second-order valence-electron chi connectivity index (χ2n) is 9.01. The molecule has 0 saturated carbocycles. The van der Waals surface area contributed by atoms with Gasteiger partial charge in [-0.15, -0.1) is 11.3 Å². The van der Waals surface area contributed by atoms with Gasteiger partial charge in [0.05, 0.1) is 11.4 Å². The molecule has 1 aliphatic heterocycles. The van der Waals surface area contributed by atoms with Gasteiger partial charge in [0, 0.05) is 18.8 Å². The van der Waals surface area contributed by atoms with Crippen molar-refractivity contribution in [3.05, 3.63) is 87.6 Å². The van der Waals surface area contributed by atoms with Crippen LogP contribution >= 0.6 is 11.3 Å². The van der Waals surface area contributed by atoms with E-state index in [9.17, 15) is 14.4 Å². The molecule has 2 atom stereocenters. The van der Waals surface area contributed by atoms with Gasteiger partial charge in [0.2, 0.25) is 5.91 Å². The van der Waals surface area contributed by atoms with Crippen LogP contribution in [0.5, 0.6) is 0 Å². The van der Waals surface area contributed by atoms with Crippen LogP contribution in [0.25, 0.3) is 0 Å². The van der Waals surface area contributed by atoms with E-state index in [1.807, 2.05) is 61.6 Å². The first-order valence-corrected chi connectivity index (χ1v) is 12.6. The molecule has 0 bridgehead atoms. The molecule has 0 unspecified atom stereocenters. The fourth-order valence-corrected chi connectivity index (χ4v) is 4.70. The Hall–Kier alpha value is -3.69. The van der Waals surface area contributed by atoms with Crippen molar-refractivity contribution in [2.75, 3.05) is 32.5 Å². The number of likely N-dealkylation sites (N-methyl/N-ethyl adjacent to an activating group) is 1. The van der Waals surface area contributed by atoms with Crippen LogP contribution in [0, 0.1) is 6.92 Å². The highest BCUT2D eigenvalue weighted by Crippen LogP contribution is 2.34. The highest BCUT2D eigenvalue weighted by molar-refractivity contribution is 7.12. The molecule has 2 N–H and O–H groups in total. The van der Waals surface area contributed by atoms with Gasteiger partial charge in [-0.25, -0.2) is 4.79 Å². The number of anilines is 1. The van der Waals surface area contributed by atoms with Crippen LogP contribution in [-0.4, -0.2) is 60.9 Å². The molecule has 4 rings (SSSR count). The smallest absolute Gasteiger partial charge is 0.411 e. The van der Waals surface area contributed by atoms with E-state index in [4.69, 9.17) is 4.74 Å². The van der Waals surface area contributed by atoms with Gasteiger partial charge in [-0.3, -0.25) is 14.5 Å². The molecule has 1 aliphatic rings. The molecule has 0 radical (unpaired) electrons. The highest BCUT2D eigenvalue weighted by atomic mass is 32.1. The summed E-state index contributed by atoms with van der Waals surface area (Å²) in [5.74, 6) is -0.456. The van der Waals surface area contributed by atoms with Crippen molar-refractivity contribution in [3.63, 3.8) is 0 Å². The van der Waals surface area contributed by atoms with Gasteiger partial charge in [-0.05, 0) is 55.7 Å². The first-order valence-electron chi connectivity index (χ1n) is 11.7. The Balaban J connectivity index is 1.54. The van der Waals surface area contributed by atoms with E-state index >= 15 is 0 Å². The molecule has 2 aromatic carbocycles. The fourth-order valence-electron chi connectivity index (χ4n) is 4.08. The molecule has 1 aromatic heterocycles. The van der Waals surface area contributed by atoms with Crippen molar-refractivity contribution < 1.29 is 19.1 Å². The zero-order chi connectivity index (χ0) is 25.7. The van der Waals surface area contributed by atoms with Crippen LogP contribution < -0.4 is 10.6 Å². The van der Waals surface area contributed by atoms with Crippen LogP contribution in [0.15, 0.2) is 66.0 Å². The Bertz CT molecular complexity index is 1210. The average Bonchev–Trinajstić information content (AvgIpc) is 3.48. The van der Waals surface area contributed by atoms with Gasteiger partial charge in [-0.1, -0.05) is 48.0 Å². The number of carbonyl (C=O) groups is 3. The lowest BCUT2D eigenvalue weighted by Crippen LogP contribution is -2.47. The van der Waals surface area contributed by atoms with Crippen LogP contribution in [0.3, 0.4) is 0 Å². The molecule has 2 heterocycles. The minimum atomic E-state index is -0.827. The topological polar surface area (TPSA) is 91.0 Å². The lowest BCUT2D eigenvalue weighted by molar-refractivity contribution is -0.126. The van der Waals surface area contributed by atoms with E-state index in [1.165, 1.54) is 16.2 Å². The number of hydrogen-bond acceptors (Lipinski definition) is 6. The summed E-state index contributed by atoms with van der Waals surface area (Å²) in [6.45, 7) is 3.38. The van der Waals surface area contributed by atoms with Gasteiger partial charge in [0.1, 0.15) is 0 Å². The summed E-state index contributed by atoms with van der Waals surface area (Å²) in [6.07, 6.45) is -1.31. The second-order valence-corrected chi connectivity index (χ2v) is 9.96. The Morgan fingerprint density at radius 2 is 1.86 bits per heavy atom. The van der Waals surface area contributed by atoms with Gasteiger partial charge >= 0.3 is 6.09 Å². The normalized spacial score (nSPS) is 17.2. The molecule has 0 aliphatic carbocycles. The zero-order valence-corrected chi connectivity index (χ0v) is 21.4. The number of cyclic esters (lactones) is 1. The Morgan fingerprint density at radius 1 is 1.08 bits per heavy atom. The van der Waals surface area contributed by atoms with E-state index in [1.54, 1.807) is 30.3 Å².